The lowest BCUT2D eigenvalue weighted by Gasteiger charge is -2.10. The quantitative estimate of drug-likeness (QED) is 0.485. The fourth-order valence-corrected chi connectivity index (χ4v) is 0.980. The van der Waals surface area contributed by atoms with Crippen molar-refractivity contribution in [2.45, 2.75) is 6.10 Å². The van der Waals surface area contributed by atoms with Gasteiger partial charge in [-0.2, -0.15) is 0 Å². The summed E-state index contributed by atoms with van der Waals surface area (Å²) in [7, 11) is 0. The van der Waals surface area contributed by atoms with Gasteiger partial charge in [-0.3, -0.25) is 10.1 Å². The molecule has 0 fully saturated rings. The predicted molar refractivity (Wildman–Crippen MR) is 53.3 cm³/mol. The standard InChI is InChI=1S/C9H11NO6/c11-4-7(12)5-16-9-2-1-6(10(14)15)3-8(9)13/h1-3,7,11-13H,4-5H2. The zero-order valence-electron chi connectivity index (χ0n) is 8.24. The lowest BCUT2D eigenvalue weighted by atomic mass is 10.3. The molecule has 16 heavy (non-hydrogen) atoms. The Morgan fingerprint density at radius 1 is 1.50 bits per heavy atom. The maximum Gasteiger partial charge on any atom is 0.273 e. The maximum atomic E-state index is 10.4. The number of non-ortho nitro benzene ring substituents is 1. The van der Waals surface area contributed by atoms with Gasteiger partial charge in [-0.05, 0) is 6.07 Å². The molecule has 3 N–H and O–H groups in total. The number of phenolic OH excluding ortho intramolecular Hbond substituents is 1. The topological polar surface area (TPSA) is 113 Å². The molecule has 0 aliphatic heterocycles. The number of hydrogen-bond acceptors (Lipinski definition) is 6. The monoisotopic (exact) mass is 229 g/mol. The van der Waals surface area contributed by atoms with Crippen LogP contribution in [0.25, 0.3) is 0 Å². The molecule has 7 heteroatoms. The van der Waals surface area contributed by atoms with Gasteiger partial charge in [0, 0.05) is 6.07 Å². The molecule has 1 aromatic carbocycles. The summed E-state index contributed by atoms with van der Waals surface area (Å²) in [4.78, 5) is 9.71. The second-order valence-corrected chi connectivity index (χ2v) is 3.06. The largest absolute Gasteiger partial charge is 0.504 e. The minimum Gasteiger partial charge on any atom is -0.504 e. The van der Waals surface area contributed by atoms with Gasteiger partial charge in [-0.15, -0.1) is 0 Å². The molecule has 1 rings (SSSR count). The van der Waals surface area contributed by atoms with Crippen LogP contribution < -0.4 is 4.74 Å². The number of phenols is 1. The Morgan fingerprint density at radius 3 is 2.69 bits per heavy atom. The highest BCUT2D eigenvalue weighted by Crippen LogP contribution is 2.29. The van der Waals surface area contributed by atoms with Gasteiger partial charge in [-0.1, -0.05) is 0 Å². The first-order valence-electron chi connectivity index (χ1n) is 4.43. The van der Waals surface area contributed by atoms with Crippen molar-refractivity contribution in [3.8, 4) is 11.5 Å². The number of nitro benzene ring substituents is 1. The minimum absolute atomic E-state index is 0.0121. The van der Waals surface area contributed by atoms with Crippen molar-refractivity contribution in [3.05, 3.63) is 28.3 Å². The summed E-state index contributed by atoms with van der Waals surface area (Å²) in [6, 6.07) is 3.33. The van der Waals surface area contributed by atoms with Gasteiger partial charge in [0.05, 0.1) is 17.6 Å². The van der Waals surface area contributed by atoms with E-state index in [1.807, 2.05) is 0 Å². The van der Waals surface area contributed by atoms with Crippen LogP contribution in [0.1, 0.15) is 0 Å². The number of aliphatic hydroxyl groups is 2. The van der Waals surface area contributed by atoms with Crippen LogP contribution in [0.4, 0.5) is 5.69 Å². The van der Waals surface area contributed by atoms with E-state index in [0.717, 1.165) is 6.07 Å². The van der Waals surface area contributed by atoms with Gasteiger partial charge < -0.3 is 20.1 Å². The highest BCUT2D eigenvalue weighted by Gasteiger charge is 2.12. The van der Waals surface area contributed by atoms with Crippen molar-refractivity contribution in [2.75, 3.05) is 13.2 Å². The summed E-state index contributed by atoms with van der Waals surface area (Å²) in [6.45, 7) is -0.671. The summed E-state index contributed by atoms with van der Waals surface area (Å²) >= 11 is 0. The van der Waals surface area contributed by atoms with Crippen LogP contribution in [-0.2, 0) is 0 Å². The maximum absolute atomic E-state index is 10.4. The van der Waals surface area contributed by atoms with Crippen molar-refractivity contribution in [2.24, 2.45) is 0 Å². The normalized spacial score (nSPS) is 12.1. The molecule has 0 heterocycles. The molecule has 1 atom stereocenters. The summed E-state index contributed by atoms with van der Waals surface area (Å²) in [6.07, 6.45) is -1.06. The molecule has 0 aliphatic rings. The van der Waals surface area contributed by atoms with E-state index in [1.54, 1.807) is 0 Å². The second-order valence-electron chi connectivity index (χ2n) is 3.06. The highest BCUT2D eigenvalue weighted by molar-refractivity contribution is 5.47. The molecule has 88 valence electrons. The predicted octanol–water partition coefficient (Wildman–Crippen LogP) is 0.0324. The molecule has 0 spiro atoms. The summed E-state index contributed by atoms with van der Waals surface area (Å²) in [5.74, 6) is -0.377. The van der Waals surface area contributed by atoms with Gasteiger partial charge in [0.25, 0.3) is 5.69 Å². The number of benzene rings is 1. The number of nitro groups is 1. The molecular formula is C9H11NO6. The van der Waals surface area contributed by atoms with Crippen LogP contribution in [0.5, 0.6) is 11.5 Å². The van der Waals surface area contributed by atoms with E-state index in [1.165, 1.54) is 12.1 Å². The highest BCUT2D eigenvalue weighted by atomic mass is 16.6. The van der Waals surface area contributed by atoms with E-state index in [2.05, 4.69) is 0 Å². The SMILES string of the molecule is O=[N+]([O-])c1ccc(OCC(O)CO)c(O)c1. The Labute approximate surface area is 90.7 Å². The fourth-order valence-electron chi connectivity index (χ4n) is 0.980. The number of ether oxygens (including phenoxy) is 1. The Kier molecular flexibility index (Phi) is 4.03. The average Bonchev–Trinajstić information content (AvgIpc) is 2.26. The summed E-state index contributed by atoms with van der Waals surface area (Å²) in [5, 5.41) is 37.2. The van der Waals surface area contributed by atoms with Crippen molar-refractivity contribution in [3.63, 3.8) is 0 Å². The average molecular weight is 229 g/mol. The Bertz CT molecular complexity index is 380. The molecule has 0 amide bonds. The number of aliphatic hydroxyl groups excluding tert-OH is 2. The molecule has 0 aromatic heterocycles. The number of rotatable bonds is 5. The van der Waals surface area contributed by atoms with Crippen LogP contribution in [-0.4, -0.2) is 39.6 Å². The lowest BCUT2D eigenvalue weighted by Crippen LogP contribution is -2.21. The van der Waals surface area contributed by atoms with E-state index in [0.29, 0.717) is 0 Å². The molecule has 0 bridgehead atoms. The van der Waals surface area contributed by atoms with Gasteiger partial charge in [-0.25, -0.2) is 0 Å². The molecule has 0 radical (unpaired) electrons. The Hall–Kier alpha value is -1.86. The Morgan fingerprint density at radius 2 is 2.19 bits per heavy atom. The van der Waals surface area contributed by atoms with Crippen molar-refractivity contribution in [1.82, 2.24) is 0 Å². The smallest absolute Gasteiger partial charge is 0.273 e. The third kappa shape index (κ3) is 3.07. The van der Waals surface area contributed by atoms with E-state index in [-0.39, 0.29) is 23.8 Å². The fraction of sp³-hybridized carbons (Fsp3) is 0.333. The first kappa shape index (κ1) is 12.2. The van der Waals surface area contributed by atoms with Crippen LogP contribution in [0.15, 0.2) is 18.2 Å². The van der Waals surface area contributed by atoms with Crippen LogP contribution in [0.2, 0.25) is 0 Å². The van der Waals surface area contributed by atoms with Crippen LogP contribution >= 0.6 is 0 Å². The molecule has 1 unspecified atom stereocenters. The molecule has 0 saturated heterocycles. The van der Waals surface area contributed by atoms with E-state index < -0.39 is 17.6 Å². The number of hydrogen-bond donors (Lipinski definition) is 3. The van der Waals surface area contributed by atoms with Gasteiger partial charge in [0.2, 0.25) is 0 Å². The van der Waals surface area contributed by atoms with E-state index >= 15 is 0 Å². The van der Waals surface area contributed by atoms with Crippen molar-refractivity contribution >= 4 is 5.69 Å². The van der Waals surface area contributed by atoms with Crippen molar-refractivity contribution in [1.29, 1.82) is 0 Å². The van der Waals surface area contributed by atoms with Gasteiger partial charge in [0.15, 0.2) is 11.5 Å². The van der Waals surface area contributed by atoms with E-state index in [4.69, 9.17) is 14.9 Å². The third-order valence-corrected chi connectivity index (χ3v) is 1.80. The zero-order chi connectivity index (χ0) is 12.1. The summed E-state index contributed by atoms with van der Waals surface area (Å²) in [5.41, 5.74) is -0.257. The first-order chi connectivity index (χ1) is 7.54. The molecule has 0 aliphatic carbocycles. The van der Waals surface area contributed by atoms with Gasteiger partial charge >= 0.3 is 0 Å². The Balaban J connectivity index is 2.72. The molecular weight excluding hydrogens is 218 g/mol. The van der Waals surface area contributed by atoms with Crippen LogP contribution in [0.3, 0.4) is 0 Å². The molecule has 0 saturated carbocycles. The van der Waals surface area contributed by atoms with Crippen molar-refractivity contribution < 1.29 is 25.0 Å². The van der Waals surface area contributed by atoms with Gasteiger partial charge in [0.1, 0.15) is 12.7 Å². The zero-order valence-corrected chi connectivity index (χ0v) is 8.24. The second kappa shape index (κ2) is 5.29. The number of nitrogens with zero attached hydrogens (tertiary/aromatic N) is 1. The number of aromatic hydroxyl groups is 1. The summed E-state index contributed by atoms with van der Waals surface area (Å²) < 4.78 is 4.94. The minimum atomic E-state index is -1.06. The van der Waals surface area contributed by atoms with Crippen LogP contribution in [0, 0.1) is 10.1 Å². The lowest BCUT2D eigenvalue weighted by molar-refractivity contribution is -0.385. The van der Waals surface area contributed by atoms with E-state index in [9.17, 15) is 15.2 Å². The molecule has 7 nitrogen and oxygen atoms in total. The first-order valence-corrected chi connectivity index (χ1v) is 4.43. The molecule has 1 aromatic rings. The third-order valence-electron chi connectivity index (χ3n) is 1.80.